The van der Waals surface area contributed by atoms with Gasteiger partial charge in [0.1, 0.15) is 11.3 Å². The molecule has 2 heterocycles. The van der Waals surface area contributed by atoms with Crippen molar-refractivity contribution in [1.29, 1.82) is 0 Å². The van der Waals surface area contributed by atoms with Crippen molar-refractivity contribution in [1.82, 2.24) is 14.2 Å². The van der Waals surface area contributed by atoms with Gasteiger partial charge in [-0.1, -0.05) is 17.4 Å². The number of fused-ring (bicyclic) bond motifs is 1. The van der Waals surface area contributed by atoms with Crippen molar-refractivity contribution in [3.8, 4) is 5.75 Å². The number of rotatable bonds is 5. The minimum atomic E-state index is -3.51. The molecule has 0 atom stereocenters. The fourth-order valence-electron chi connectivity index (χ4n) is 3.66. The van der Waals surface area contributed by atoms with Crippen molar-refractivity contribution >= 4 is 42.6 Å². The third kappa shape index (κ3) is 4.05. The molecule has 0 saturated carbocycles. The van der Waals surface area contributed by atoms with Crippen LogP contribution in [0.15, 0.2) is 41.3 Å². The molecule has 1 saturated heterocycles. The molecule has 0 spiro atoms. The summed E-state index contributed by atoms with van der Waals surface area (Å²) in [6, 6.07) is 10.1. The van der Waals surface area contributed by atoms with Crippen molar-refractivity contribution < 1.29 is 17.9 Å². The van der Waals surface area contributed by atoms with Crippen LogP contribution in [0.5, 0.6) is 5.75 Å². The molecular formula is C22H26N4O4S2. The van der Waals surface area contributed by atoms with Crippen LogP contribution < -0.4 is 9.64 Å². The molecule has 1 aliphatic rings. The fraction of sp³-hybridized carbons (Fsp3) is 0.364. The van der Waals surface area contributed by atoms with Crippen LogP contribution in [0.25, 0.3) is 10.2 Å². The van der Waals surface area contributed by atoms with Gasteiger partial charge in [-0.05, 0) is 42.8 Å². The van der Waals surface area contributed by atoms with E-state index < -0.39 is 10.0 Å². The Labute approximate surface area is 192 Å². The summed E-state index contributed by atoms with van der Waals surface area (Å²) in [5.41, 5.74) is 2.52. The Morgan fingerprint density at radius 1 is 1.06 bits per heavy atom. The second kappa shape index (κ2) is 8.68. The zero-order valence-corrected chi connectivity index (χ0v) is 20.2. The van der Waals surface area contributed by atoms with Gasteiger partial charge in [-0.2, -0.15) is 0 Å². The van der Waals surface area contributed by atoms with Crippen molar-refractivity contribution in [3.05, 3.63) is 47.5 Å². The molecule has 0 radical (unpaired) electrons. The van der Waals surface area contributed by atoms with Crippen LogP contribution >= 0.6 is 11.3 Å². The SMILES string of the molecule is COc1ccc(C)c2sc(N3CCN(C(=O)c4ccc(S(=O)(=O)N(C)C)cc4)CC3)nc12. The van der Waals surface area contributed by atoms with Crippen molar-refractivity contribution in [2.24, 2.45) is 0 Å². The van der Waals surface area contributed by atoms with E-state index in [0.717, 1.165) is 31.0 Å². The number of sulfonamides is 1. The molecular weight excluding hydrogens is 448 g/mol. The Hall–Kier alpha value is -2.69. The van der Waals surface area contributed by atoms with E-state index in [-0.39, 0.29) is 10.8 Å². The largest absolute Gasteiger partial charge is 0.494 e. The second-order valence-corrected chi connectivity index (χ2v) is 11.0. The summed E-state index contributed by atoms with van der Waals surface area (Å²) in [4.78, 5) is 21.9. The number of hydrogen-bond acceptors (Lipinski definition) is 7. The Kier molecular flexibility index (Phi) is 6.11. The molecule has 0 aliphatic carbocycles. The third-order valence-corrected chi connectivity index (χ3v) is 8.71. The van der Waals surface area contributed by atoms with Gasteiger partial charge < -0.3 is 14.5 Å². The van der Waals surface area contributed by atoms with E-state index in [1.807, 2.05) is 12.1 Å². The van der Waals surface area contributed by atoms with Gasteiger partial charge in [-0.25, -0.2) is 17.7 Å². The van der Waals surface area contributed by atoms with E-state index in [2.05, 4.69) is 11.8 Å². The molecule has 0 bridgehead atoms. The van der Waals surface area contributed by atoms with Gasteiger partial charge in [0.05, 0.1) is 16.7 Å². The summed E-state index contributed by atoms with van der Waals surface area (Å²) in [6.45, 7) is 4.57. The van der Waals surface area contributed by atoms with Gasteiger partial charge >= 0.3 is 0 Å². The van der Waals surface area contributed by atoms with E-state index in [4.69, 9.17) is 9.72 Å². The molecule has 170 valence electrons. The van der Waals surface area contributed by atoms with Crippen LogP contribution in [-0.2, 0) is 10.0 Å². The predicted molar refractivity (Wildman–Crippen MR) is 126 cm³/mol. The topological polar surface area (TPSA) is 83.0 Å². The molecule has 8 nitrogen and oxygen atoms in total. The first-order chi connectivity index (χ1) is 15.2. The van der Waals surface area contributed by atoms with Crippen LogP contribution in [-0.4, -0.2) is 75.9 Å². The highest BCUT2D eigenvalue weighted by Gasteiger charge is 2.25. The number of piperazine rings is 1. The molecule has 4 rings (SSSR count). The van der Waals surface area contributed by atoms with E-state index in [1.165, 1.54) is 26.2 Å². The maximum absolute atomic E-state index is 12.9. The highest BCUT2D eigenvalue weighted by Crippen LogP contribution is 2.36. The lowest BCUT2D eigenvalue weighted by molar-refractivity contribution is 0.0746. The maximum Gasteiger partial charge on any atom is 0.253 e. The zero-order chi connectivity index (χ0) is 23.0. The highest BCUT2D eigenvalue weighted by atomic mass is 32.2. The first-order valence-electron chi connectivity index (χ1n) is 10.2. The second-order valence-electron chi connectivity index (χ2n) is 7.85. The van der Waals surface area contributed by atoms with Crippen LogP contribution in [0.4, 0.5) is 5.13 Å². The van der Waals surface area contributed by atoms with E-state index in [1.54, 1.807) is 35.5 Å². The third-order valence-electron chi connectivity index (χ3n) is 5.63. The number of anilines is 1. The number of carbonyl (C=O) groups excluding carboxylic acids is 1. The van der Waals surface area contributed by atoms with Gasteiger partial charge in [0, 0.05) is 45.8 Å². The predicted octanol–water partition coefficient (Wildman–Crippen LogP) is 2.83. The lowest BCUT2D eigenvalue weighted by Gasteiger charge is -2.34. The number of hydrogen-bond donors (Lipinski definition) is 0. The molecule has 0 unspecified atom stereocenters. The first kappa shape index (κ1) is 22.5. The molecule has 0 N–H and O–H groups in total. The normalized spacial score (nSPS) is 14.9. The molecule has 10 heteroatoms. The maximum atomic E-state index is 12.9. The summed E-state index contributed by atoms with van der Waals surface area (Å²) in [6.07, 6.45) is 0. The number of carbonyl (C=O) groups is 1. The molecule has 1 amide bonds. The average molecular weight is 475 g/mol. The number of ether oxygens (including phenoxy) is 1. The summed E-state index contributed by atoms with van der Waals surface area (Å²) < 4.78 is 32.2. The van der Waals surface area contributed by atoms with Crippen LogP contribution in [0.3, 0.4) is 0 Å². The molecule has 32 heavy (non-hydrogen) atoms. The number of thiazole rings is 1. The number of methoxy groups -OCH3 is 1. The number of aryl methyl sites for hydroxylation is 1. The van der Waals surface area contributed by atoms with Crippen molar-refractivity contribution in [3.63, 3.8) is 0 Å². The minimum absolute atomic E-state index is 0.0970. The molecule has 2 aromatic carbocycles. The number of benzene rings is 2. The number of aromatic nitrogens is 1. The molecule has 1 aliphatic heterocycles. The molecule has 1 aromatic heterocycles. The smallest absolute Gasteiger partial charge is 0.253 e. The molecule has 3 aromatic rings. The summed E-state index contributed by atoms with van der Waals surface area (Å²) in [5.74, 6) is 0.668. The first-order valence-corrected chi connectivity index (χ1v) is 12.5. The Morgan fingerprint density at radius 3 is 2.31 bits per heavy atom. The Balaban J connectivity index is 1.45. The van der Waals surface area contributed by atoms with E-state index in [9.17, 15) is 13.2 Å². The van der Waals surface area contributed by atoms with Gasteiger partial charge in [-0.3, -0.25) is 4.79 Å². The summed E-state index contributed by atoms with van der Waals surface area (Å²) >= 11 is 1.64. The minimum Gasteiger partial charge on any atom is -0.494 e. The van der Waals surface area contributed by atoms with Crippen LogP contribution in [0.2, 0.25) is 0 Å². The standard InChI is InChI=1S/C22H26N4O4S2/c1-15-5-10-18(30-4)19-20(15)31-22(23-19)26-13-11-25(12-14-26)21(27)16-6-8-17(9-7-16)32(28,29)24(2)3/h5-10H,11-14H2,1-4H3. The monoisotopic (exact) mass is 474 g/mol. The van der Waals surface area contributed by atoms with Gasteiger partial charge in [-0.15, -0.1) is 0 Å². The van der Waals surface area contributed by atoms with Crippen LogP contribution in [0.1, 0.15) is 15.9 Å². The summed E-state index contributed by atoms with van der Waals surface area (Å²) in [5, 5.41) is 0.929. The van der Waals surface area contributed by atoms with Gasteiger partial charge in [0.15, 0.2) is 5.13 Å². The number of nitrogens with zero attached hydrogens (tertiary/aromatic N) is 4. The molecule has 1 fully saturated rings. The van der Waals surface area contributed by atoms with Crippen LogP contribution in [0, 0.1) is 6.92 Å². The average Bonchev–Trinajstić information content (AvgIpc) is 3.25. The summed E-state index contributed by atoms with van der Waals surface area (Å²) in [7, 11) is 1.10. The van der Waals surface area contributed by atoms with E-state index >= 15 is 0 Å². The number of amides is 1. The zero-order valence-electron chi connectivity index (χ0n) is 18.5. The van der Waals surface area contributed by atoms with Crippen molar-refractivity contribution in [2.45, 2.75) is 11.8 Å². The van der Waals surface area contributed by atoms with Gasteiger partial charge in [0.2, 0.25) is 10.0 Å². The van der Waals surface area contributed by atoms with Crippen molar-refractivity contribution in [2.75, 3.05) is 52.3 Å². The quantitative estimate of drug-likeness (QED) is 0.566. The lowest BCUT2D eigenvalue weighted by atomic mass is 10.2. The Morgan fingerprint density at radius 2 is 1.72 bits per heavy atom. The fourth-order valence-corrected chi connectivity index (χ4v) is 5.67. The van der Waals surface area contributed by atoms with Gasteiger partial charge in [0.25, 0.3) is 5.91 Å². The van der Waals surface area contributed by atoms with E-state index in [0.29, 0.717) is 31.7 Å². The lowest BCUT2D eigenvalue weighted by Crippen LogP contribution is -2.48. The highest BCUT2D eigenvalue weighted by molar-refractivity contribution is 7.89. The Bertz CT molecular complexity index is 1240.